The van der Waals surface area contributed by atoms with E-state index in [0.717, 1.165) is 10.9 Å². The third kappa shape index (κ3) is 2.61. The van der Waals surface area contributed by atoms with E-state index in [-0.39, 0.29) is 5.78 Å². The zero-order valence-electron chi connectivity index (χ0n) is 8.34. The van der Waals surface area contributed by atoms with E-state index in [1.165, 1.54) is 10.5 Å². The predicted octanol–water partition coefficient (Wildman–Crippen LogP) is 3.90. The molecular weight excluding hydrogens is 260 g/mol. The van der Waals surface area contributed by atoms with Crippen LogP contribution < -0.4 is 0 Å². The summed E-state index contributed by atoms with van der Waals surface area (Å²) < 4.78 is 0. The Bertz CT molecular complexity index is 336. The van der Waals surface area contributed by atoms with Crippen LogP contribution in [0.2, 0.25) is 0 Å². The van der Waals surface area contributed by atoms with Crippen LogP contribution >= 0.6 is 27.7 Å². The molecule has 0 bridgehead atoms. The second kappa shape index (κ2) is 5.56. The van der Waals surface area contributed by atoms with Crippen molar-refractivity contribution in [3.8, 4) is 0 Å². The summed E-state index contributed by atoms with van der Waals surface area (Å²) in [5.74, 6) is 0.210. The average Bonchev–Trinajstić information content (AvgIpc) is 2.26. The number of hydrogen-bond donors (Lipinski definition) is 0. The summed E-state index contributed by atoms with van der Waals surface area (Å²) in [5, 5.41) is 0.837. The van der Waals surface area contributed by atoms with Gasteiger partial charge in [0.1, 0.15) is 0 Å². The van der Waals surface area contributed by atoms with Crippen molar-refractivity contribution in [2.24, 2.45) is 0 Å². The fraction of sp³-hybridized carbons (Fsp3) is 0.364. The van der Waals surface area contributed by atoms with Gasteiger partial charge in [0.25, 0.3) is 0 Å². The number of halogens is 1. The molecule has 0 amide bonds. The molecule has 1 nitrogen and oxygen atoms in total. The highest BCUT2D eigenvalue weighted by atomic mass is 79.9. The van der Waals surface area contributed by atoms with Crippen LogP contribution in [0, 0.1) is 0 Å². The summed E-state index contributed by atoms with van der Waals surface area (Å²) in [6.45, 7) is 1.89. The van der Waals surface area contributed by atoms with Gasteiger partial charge in [0.05, 0.1) is 0 Å². The highest BCUT2D eigenvalue weighted by Gasteiger charge is 2.06. The molecule has 14 heavy (non-hydrogen) atoms. The fourth-order valence-corrected chi connectivity index (χ4v) is 2.55. The minimum Gasteiger partial charge on any atom is -0.294 e. The highest BCUT2D eigenvalue weighted by molar-refractivity contribution is 9.08. The third-order valence-electron chi connectivity index (χ3n) is 2.07. The van der Waals surface area contributed by atoms with Crippen molar-refractivity contribution < 1.29 is 4.79 Å². The standard InChI is InChI=1S/C11H13BrOS/c1-3-10(13)8-4-5-9(7-12)11(6-8)14-2/h4-6H,3,7H2,1-2H3. The summed E-state index contributed by atoms with van der Waals surface area (Å²) in [6, 6.07) is 5.90. The summed E-state index contributed by atoms with van der Waals surface area (Å²) in [4.78, 5) is 12.6. The summed E-state index contributed by atoms with van der Waals surface area (Å²) >= 11 is 5.11. The van der Waals surface area contributed by atoms with Crippen LogP contribution in [0.15, 0.2) is 23.1 Å². The SMILES string of the molecule is CCC(=O)c1ccc(CBr)c(SC)c1. The Morgan fingerprint density at radius 2 is 2.21 bits per heavy atom. The Morgan fingerprint density at radius 1 is 1.50 bits per heavy atom. The van der Waals surface area contributed by atoms with E-state index in [1.54, 1.807) is 11.8 Å². The van der Waals surface area contributed by atoms with Crippen molar-refractivity contribution in [2.45, 2.75) is 23.6 Å². The molecule has 0 fully saturated rings. The predicted molar refractivity (Wildman–Crippen MR) is 65.5 cm³/mol. The van der Waals surface area contributed by atoms with Crippen LogP contribution in [-0.2, 0) is 5.33 Å². The monoisotopic (exact) mass is 272 g/mol. The molecule has 1 aromatic carbocycles. The lowest BCUT2D eigenvalue weighted by atomic mass is 10.1. The van der Waals surface area contributed by atoms with Gasteiger partial charge in [-0.3, -0.25) is 4.79 Å². The lowest BCUT2D eigenvalue weighted by Crippen LogP contribution is -1.97. The minimum absolute atomic E-state index is 0.210. The van der Waals surface area contributed by atoms with Gasteiger partial charge in [-0.1, -0.05) is 35.0 Å². The molecule has 0 spiro atoms. The van der Waals surface area contributed by atoms with Crippen molar-refractivity contribution in [1.82, 2.24) is 0 Å². The number of thioether (sulfide) groups is 1. The van der Waals surface area contributed by atoms with Gasteiger partial charge in [0.2, 0.25) is 0 Å². The van der Waals surface area contributed by atoms with Gasteiger partial charge in [-0.2, -0.15) is 0 Å². The molecule has 0 N–H and O–H groups in total. The van der Waals surface area contributed by atoms with Gasteiger partial charge in [0, 0.05) is 22.2 Å². The van der Waals surface area contributed by atoms with Crippen LogP contribution in [0.1, 0.15) is 29.3 Å². The number of alkyl halides is 1. The van der Waals surface area contributed by atoms with Crippen LogP contribution in [-0.4, -0.2) is 12.0 Å². The topological polar surface area (TPSA) is 17.1 Å². The Hall–Kier alpha value is -0.280. The maximum atomic E-state index is 11.5. The summed E-state index contributed by atoms with van der Waals surface area (Å²) in [6.07, 6.45) is 2.60. The Balaban J connectivity index is 3.07. The van der Waals surface area contributed by atoms with Gasteiger partial charge < -0.3 is 0 Å². The van der Waals surface area contributed by atoms with Crippen LogP contribution in [0.5, 0.6) is 0 Å². The molecule has 0 atom stereocenters. The first-order chi connectivity index (χ1) is 6.72. The lowest BCUT2D eigenvalue weighted by Gasteiger charge is -2.06. The molecule has 3 heteroatoms. The Labute approximate surface area is 97.4 Å². The van der Waals surface area contributed by atoms with E-state index in [9.17, 15) is 4.79 Å². The van der Waals surface area contributed by atoms with Gasteiger partial charge >= 0.3 is 0 Å². The number of carbonyl (C=O) groups is 1. The van der Waals surface area contributed by atoms with E-state index in [1.807, 2.05) is 31.4 Å². The van der Waals surface area contributed by atoms with E-state index in [2.05, 4.69) is 15.9 Å². The molecule has 0 radical (unpaired) electrons. The van der Waals surface area contributed by atoms with Gasteiger partial charge in [-0.05, 0) is 17.9 Å². The summed E-state index contributed by atoms with van der Waals surface area (Å²) in [7, 11) is 0. The first-order valence-electron chi connectivity index (χ1n) is 4.49. The number of benzene rings is 1. The number of carbonyl (C=O) groups excluding carboxylic acids is 1. The molecule has 1 aromatic rings. The summed E-state index contributed by atoms with van der Waals surface area (Å²) in [5.41, 5.74) is 2.06. The van der Waals surface area contributed by atoms with Crippen molar-refractivity contribution in [3.63, 3.8) is 0 Å². The molecule has 0 aromatic heterocycles. The van der Waals surface area contributed by atoms with Crippen LogP contribution in [0.3, 0.4) is 0 Å². The van der Waals surface area contributed by atoms with E-state index in [4.69, 9.17) is 0 Å². The van der Waals surface area contributed by atoms with Crippen LogP contribution in [0.4, 0.5) is 0 Å². The maximum Gasteiger partial charge on any atom is 0.162 e. The smallest absolute Gasteiger partial charge is 0.162 e. The Kier molecular flexibility index (Phi) is 4.69. The largest absolute Gasteiger partial charge is 0.294 e. The first-order valence-corrected chi connectivity index (χ1v) is 6.83. The normalized spacial score (nSPS) is 10.2. The maximum absolute atomic E-state index is 11.5. The molecular formula is C11H13BrOS. The van der Waals surface area contributed by atoms with Gasteiger partial charge in [-0.25, -0.2) is 0 Å². The number of Topliss-reactive ketones (excluding diaryl/α,β-unsaturated/α-hetero) is 1. The zero-order valence-corrected chi connectivity index (χ0v) is 10.7. The third-order valence-corrected chi connectivity index (χ3v) is 3.50. The molecule has 0 aliphatic heterocycles. The van der Waals surface area contributed by atoms with Crippen LogP contribution in [0.25, 0.3) is 0 Å². The quantitative estimate of drug-likeness (QED) is 0.470. The van der Waals surface area contributed by atoms with E-state index >= 15 is 0 Å². The van der Waals surface area contributed by atoms with Crippen molar-refractivity contribution >= 4 is 33.5 Å². The van der Waals surface area contributed by atoms with Crippen molar-refractivity contribution in [1.29, 1.82) is 0 Å². The minimum atomic E-state index is 0.210. The molecule has 0 unspecified atom stereocenters. The zero-order chi connectivity index (χ0) is 10.6. The lowest BCUT2D eigenvalue weighted by molar-refractivity contribution is 0.0988. The van der Waals surface area contributed by atoms with Gasteiger partial charge in [-0.15, -0.1) is 11.8 Å². The molecule has 0 heterocycles. The fourth-order valence-electron chi connectivity index (χ4n) is 1.23. The highest BCUT2D eigenvalue weighted by Crippen LogP contribution is 2.24. The molecule has 76 valence electrons. The van der Waals surface area contributed by atoms with Crippen molar-refractivity contribution in [2.75, 3.05) is 6.26 Å². The second-order valence-corrected chi connectivity index (χ2v) is 4.35. The van der Waals surface area contributed by atoms with E-state index in [0.29, 0.717) is 6.42 Å². The molecule has 1 rings (SSSR count). The number of hydrogen-bond acceptors (Lipinski definition) is 2. The van der Waals surface area contributed by atoms with E-state index < -0.39 is 0 Å². The molecule has 0 saturated heterocycles. The number of rotatable bonds is 4. The van der Waals surface area contributed by atoms with Gasteiger partial charge in [0.15, 0.2) is 5.78 Å². The molecule has 0 aliphatic carbocycles. The molecule has 0 saturated carbocycles. The Morgan fingerprint density at radius 3 is 2.71 bits per heavy atom. The van der Waals surface area contributed by atoms with Crippen molar-refractivity contribution in [3.05, 3.63) is 29.3 Å². The average molecular weight is 273 g/mol. The first kappa shape index (κ1) is 11.8. The number of ketones is 1. The second-order valence-electron chi connectivity index (χ2n) is 2.94. The molecule has 0 aliphatic rings.